The van der Waals surface area contributed by atoms with Crippen molar-refractivity contribution in [3.63, 3.8) is 0 Å². The number of rotatable bonds is 3. The molecule has 0 aliphatic carbocycles. The molecule has 0 bridgehead atoms. The molecule has 1 unspecified atom stereocenters. The number of hydrogen-bond donors (Lipinski definition) is 1. The number of nitrogens with zero attached hydrogens (tertiary/aromatic N) is 2. The summed E-state index contributed by atoms with van der Waals surface area (Å²) in [6.07, 6.45) is 1.16. The number of aryl methyl sites for hydroxylation is 2. The normalized spacial score (nSPS) is 14.2. The third-order valence-electron chi connectivity index (χ3n) is 2.70. The Bertz CT molecular complexity index is 366. The third-order valence-corrected chi connectivity index (χ3v) is 3.15. The lowest BCUT2D eigenvalue weighted by Gasteiger charge is -2.20. The van der Waals surface area contributed by atoms with E-state index in [9.17, 15) is 5.11 Å². The van der Waals surface area contributed by atoms with E-state index in [4.69, 9.17) is 11.6 Å². The summed E-state index contributed by atoms with van der Waals surface area (Å²) in [6.45, 7) is 8.37. The van der Waals surface area contributed by atoms with Crippen LogP contribution in [0.25, 0.3) is 0 Å². The van der Waals surface area contributed by atoms with Gasteiger partial charge in [0.05, 0.1) is 11.8 Å². The molecular weight excluding hydrogens is 224 g/mol. The molecule has 3 nitrogen and oxygen atoms in total. The second-order valence-electron chi connectivity index (χ2n) is 5.53. The van der Waals surface area contributed by atoms with Gasteiger partial charge in [-0.2, -0.15) is 5.10 Å². The van der Waals surface area contributed by atoms with Crippen LogP contribution in [-0.2, 0) is 7.05 Å². The Kier molecular flexibility index (Phi) is 4.02. The minimum atomic E-state index is -0.513. The summed E-state index contributed by atoms with van der Waals surface area (Å²) in [6, 6.07) is 0. The van der Waals surface area contributed by atoms with Crippen molar-refractivity contribution in [2.45, 2.75) is 46.6 Å². The molecule has 0 radical (unpaired) electrons. The maximum absolute atomic E-state index is 10.1. The average molecular weight is 245 g/mol. The third kappa shape index (κ3) is 3.22. The van der Waals surface area contributed by atoms with E-state index in [1.165, 1.54) is 0 Å². The molecule has 1 aromatic heterocycles. The van der Waals surface area contributed by atoms with Gasteiger partial charge in [0.1, 0.15) is 5.15 Å². The fourth-order valence-electron chi connectivity index (χ4n) is 1.74. The smallest absolute Gasteiger partial charge is 0.132 e. The SMILES string of the molecule is Cc1nn(C)c(Cl)c1C(O)CCC(C)(C)C. The van der Waals surface area contributed by atoms with E-state index in [2.05, 4.69) is 25.9 Å². The van der Waals surface area contributed by atoms with Gasteiger partial charge in [-0.25, -0.2) is 0 Å². The van der Waals surface area contributed by atoms with Gasteiger partial charge in [-0.3, -0.25) is 4.68 Å². The quantitative estimate of drug-likeness (QED) is 0.887. The van der Waals surface area contributed by atoms with Gasteiger partial charge in [-0.05, 0) is 25.2 Å². The van der Waals surface area contributed by atoms with E-state index in [1.54, 1.807) is 11.7 Å². The van der Waals surface area contributed by atoms with Gasteiger partial charge in [0.15, 0.2) is 0 Å². The van der Waals surface area contributed by atoms with E-state index < -0.39 is 6.10 Å². The van der Waals surface area contributed by atoms with Gasteiger partial charge in [0, 0.05) is 12.6 Å². The van der Waals surface area contributed by atoms with Crippen LogP contribution in [0.4, 0.5) is 0 Å². The highest BCUT2D eigenvalue weighted by atomic mass is 35.5. The molecule has 1 atom stereocenters. The van der Waals surface area contributed by atoms with E-state index in [-0.39, 0.29) is 5.41 Å². The molecule has 0 aliphatic heterocycles. The minimum absolute atomic E-state index is 0.226. The fraction of sp³-hybridized carbons (Fsp3) is 0.750. The van der Waals surface area contributed by atoms with Crippen LogP contribution in [0.1, 0.15) is 51.0 Å². The molecule has 0 fully saturated rings. The maximum Gasteiger partial charge on any atom is 0.132 e. The predicted molar refractivity (Wildman–Crippen MR) is 66.6 cm³/mol. The van der Waals surface area contributed by atoms with Gasteiger partial charge < -0.3 is 5.11 Å². The molecule has 0 spiro atoms. The molecule has 0 aliphatic rings. The lowest BCUT2D eigenvalue weighted by Crippen LogP contribution is -2.08. The molecule has 0 saturated heterocycles. The second kappa shape index (κ2) is 4.76. The van der Waals surface area contributed by atoms with Crippen LogP contribution in [0.3, 0.4) is 0 Å². The van der Waals surface area contributed by atoms with E-state index in [0.29, 0.717) is 5.15 Å². The summed E-state index contributed by atoms with van der Waals surface area (Å²) >= 11 is 6.10. The number of halogens is 1. The van der Waals surface area contributed by atoms with Gasteiger partial charge in [0.25, 0.3) is 0 Å². The average Bonchev–Trinajstić information content (AvgIpc) is 2.36. The van der Waals surface area contributed by atoms with Crippen LogP contribution in [0.5, 0.6) is 0 Å². The number of hydrogen-bond acceptors (Lipinski definition) is 2. The fourth-order valence-corrected chi connectivity index (χ4v) is 2.04. The van der Waals surface area contributed by atoms with E-state index in [1.807, 2.05) is 6.92 Å². The zero-order valence-electron chi connectivity index (χ0n) is 10.7. The van der Waals surface area contributed by atoms with Gasteiger partial charge in [-0.15, -0.1) is 0 Å². The summed E-state index contributed by atoms with van der Waals surface area (Å²) in [5.74, 6) is 0. The first-order valence-corrected chi connectivity index (χ1v) is 5.97. The Morgan fingerprint density at radius 1 is 1.44 bits per heavy atom. The number of aromatic nitrogens is 2. The number of aliphatic hydroxyl groups is 1. The Morgan fingerprint density at radius 3 is 2.38 bits per heavy atom. The topological polar surface area (TPSA) is 38.0 Å². The predicted octanol–water partition coefficient (Wildman–Crippen LogP) is 3.24. The van der Waals surface area contributed by atoms with Crippen molar-refractivity contribution in [2.24, 2.45) is 12.5 Å². The van der Waals surface area contributed by atoms with Crippen LogP contribution in [0.2, 0.25) is 5.15 Å². The van der Waals surface area contributed by atoms with Crippen molar-refractivity contribution >= 4 is 11.6 Å². The highest BCUT2D eigenvalue weighted by Crippen LogP contribution is 2.32. The van der Waals surface area contributed by atoms with Crippen LogP contribution < -0.4 is 0 Å². The first-order chi connectivity index (χ1) is 7.22. The van der Waals surface area contributed by atoms with Crippen molar-refractivity contribution in [1.82, 2.24) is 9.78 Å². The molecule has 1 heterocycles. The zero-order chi connectivity index (χ0) is 12.5. The summed E-state index contributed by atoms with van der Waals surface area (Å²) < 4.78 is 1.60. The van der Waals surface area contributed by atoms with Crippen molar-refractivity contribution in [3.8, 4) is 0 Å². The van der Waals surface area contributed by atoms with E-state index >= 15 is 0 Å². The van der Waals surface area contributed by atoms with Crippen molar-refractivity contribution in [1.29, 1.82) is 0 Å². The first kappa shape index (κ1) is 13.5. The molecule has 1 rings (SSSR count). The Labute approximate surface area is 102 Å². The zero-order valence-corrected chi connectivity index (χ0v) is 11.5. The van der Waals surface area contributed by atoms with Crippen LogP contribution >= 0.6 is 11.6 Å². The lowest BCUT2D eigenvalue weighted by atomic mass is 9.88. The van der Waals surface area contributed by atoms with Gasteiger partial charge >= 0.3 is 0 Å². The van der Waals surface area contributed by atoms with Gasteiger partial charge in [0.2, 0.25) is 0 Å². The van der Waals surface area contributed by atoms with Gasteiger partial charge in [-0.1, -0.05) is 32.4 Å². The summed E-state index contributed by atoms with van der Waals surface area (Å²) in [5.41, 5.74) is 1.81. The van der Waals surface area contributed by atoms with Crippen LogP contribution in [-0.4, -0.2) is 14.9 Å². The molecule has 4 heteroatoms. The monoisotopic (exact) mass is 244 g/mol. The van der Waals surface area contributed by atoms with Crippen molar-refractivity contribution in [3.05, 3.63) is 16.4 Å². The van der Waals surface area contributed by atoms with Crippen molar-refractivity contribution < 1.29 is 5.11 Å². The summed E-state index contributed by atoms with van der Waals surface area (Å²) in [4.78, 5) is 0. The minimum Gasteiger partial charge on any atom is -0.388 e. The van der Waals surface area contributed by atoms with E-state index in [0.717, 1.165) is 24.1 Å². The summed E-state index contributed by atoms with van der Waals surface area (Å²) in [7, 11) is 1.79. The molecule has 1 aromatic rings. The first-order valence-electron chi connectivity index (χ1n) is 5.59. The second-order valence-corrected chi connectivity index (χ2v) is 5.89. The molecule has 1 N–H and O–H groups in total. The Morgan fingerprint density at radius 2 is 2.00 bits per heavy atom. The van der Waals surface area contributed by atoms with Crippen LogP contribution in [0, 0.1) is 12.3 Å². The highest BCUT2D eigenvalue weighted by Gasteiger charge is 2.21. The molecule has 16 heavy (non-hydrogen) atoms. The Balaban J connectivity index is 2.77. The standard InChI is InChI=1S/C12H21ClN2O/c1-8-10(11(13)15(5)14-8)9(16)6-7-12(2,3)4/h9,16H,6-7H2,1-5H3. The molecular formula is C12H21ClN2O. The molecule has 0 saturated carbocycles. The maximum atomic E-state index is 10.1. The largest absolute Gasteiger partial charge is 0.388 e. The molecule has 0 amide bonds. The highest BCUT2D eigenvalue weighted by molar-refractivity contribution is 6.30. The number of aliphatic hydroxyl groups excluding tert-OH is 1. The summed E-state index contributed by atoms with van der Waals surface area (Å²) in [5, 5.41) is 14.9. The molecule has 92 valence electrons. The molecule has 0 aromatic carbocycles. The van der Waals surface area contributed by atoms with Crippen molar-refractivity contribution in [2.75, 3.05) is 0 Å². The Hall–Kier alpha value is -0.540. The lowest BCUT2D eigenvalue weighted by molar-refractivity contribution is 0.147. The van der Waals surface area contributed by atoms with Crippen LogP contribution in [0.15, 0.2) is 0 Å².